The van der Waals surface area contributed by atoms with Crippen LogP contribution in [-0.2, 0) is 42.4 Å². The highest BCUT2D eigenvalue weighted by Gasteiger charge is 2.40. The first kappa shape index (κ1) is 26.6. The van der Waals surface area contributed by atoms with Gasteiger partial charge in [-0.2, -0.15) is 0 Å². The number of carbonyl (C=O) groups is 2. The van der Waals surface area contributed by atoms with Crippen LogP contribution in [0, 0.1) is 0 Å². The van der Waals surface area contributed by atoms with Crippen molar-refractivity contribution in [3.63, 3.8) is 0 Å². The van der Waals surface area contributed by atoms with Crippen LogP contribution in [0.3, 0.4) is 0 Å². The SMILES string of the molecule is O=C1CCC(N2Cc3c(OCc4ccc(CN5CCn6c(-c7ccccc7)cnc6C5)cc4)cccc3C2O)C(=O)N1. The lowest BCUT2D eigenvalue weighted by atomic mass is 10.0. The van der Waals surface area contributed by atoms with Crippen LogP contribution in [0.15, 0.2) is 79.0 Å². The van der Waals surface area contributed by atoms with Gasteiger partial charge in [0.2, 0.25) is 11.8 Å². The van der Waals surface area contributed by atoms with Crippen LogP contribution >= 0.6 is 0 Å². The van der Waals surface area contributed by atoms with Crippen LogP contribution < -0.4 is 10.1 Å². The summed E-state index contributed by atoms with van der Waals surface area (Å²) in [6.45, 7) is 4.35. The van der Waals surface area contributed by atoms with Crippen molar-refractivity contribution in [1.29, 1.82) is 0 Å². The van der Waals surface area contributed by atoms with E-state index in [2.05, 4.69) is 63.3 Å². The number of piperidine rings is 1. The molecule has 0 aliphatic carbocycles. The van der Waals surface area contributed by atoms with Crippen molar-refractivity contribution in [2.24, 2.45) is 0 Å². The van der Waals surface area contributed by atoms with Gasteiger partial charge in [0.05, 0.1) is 24.5 Å². The smallest absolute Gasteiger partial charge is 0.244 e. The van der Waals surface area contributed by atoms with Gasteiger partial charge in [-0.3, -0.25) is 24.7 Å². The minimum atomic E-state index is -0.912. The molecule has 9 nitrogen and oxygen atoms in total. The van der Waals surface area contributed by atoms with Gasteiger partial charge in [-0.1, -0.05) is 66.7 Å². The summed E-state index contributed by atoms with van der Waals surface area (Å²) in [5.41, 5.74) is 6.29. The third-order valence-electron chi connectivity index (χ3n) is 8.55. The van der Waals surface area contributed by atoms with Gasteiger partial charge in [-0.25, -0.2) is 4.98 Å². The Labute approximate surface area is 244 Å². The number of aromatic nitrogens is 2. The number of nitrogens with one attached hydrogen (secondary N) is 1. The molecule has 0 radical (unpaired) electrons. The van der Waals surface area contributed by atoms with Gasteiger partial charge in [0.25, 0.3) is 0 Å². The van der Waals surface area contributed by atoms with Gasteiger partial charge in [0.1, 0.15) is 24.4 Å². The number of amides is 2. The number of carbonyl (C=O) groups excluding carboxylic acids is 2. The minimum Gasteiger partial charge on any atom is -0.489 e. The fourth-order valence-corrected chi connectivity index (χ4v) is 6.30. The third kappa shape index (κ3) is 5.11. The topological polar surface area (TPSA) is 99.9 Å². The standard InChI is InChI=1S/C33H33N5O4/c39-31-14-13-27(32(40)35-31)38-19-26-25(33(38)41)7-4-8-29(26)42-21-23-11-9-22(10-12-23)18-36-15-16-37-28(17-34-30(37)20-36)24-5-2-1-3-6-24/h1-12,17,27,33,41H,13-16,18-21H2,(H,35,39,40). The summed E-state index contributed by atoms with van der Waals surface area (Å²) in [6, 6.07) is 24.0. The number of hydrogen-bond donors (Lipinski definition) is 2. The van der Waals surface area contributed by atoms with Crippen molar-refractivity contribution < 1.29 is 19.4 Å². The van der Waals surface area contributed by atoms with Crippen LogP contribution in [-0.4, -0.2) is 48.9 Å². The molecule has 3 aliphatic rings. The summed E-state index contributed by atoms with van der Waals surface area (Å²) in [5.74, 6) is 1.18. The van der Waals surface area contributed by atoms with Gasteiger partial charge in [-0.15, -0.1) is 0 Å². The van der Waals surface area contributed by atoms with Crippen LogP contribution in [0.2, 0.25) is 0 Å². The Morgan fingerprint density at radius 3 is 2.55 bits per heavy atom. The predicted octanol–water partition coefficient (Wildman–Crippen LogP) is 3.76. The first-order valence-electron chi connectivity index (χ1n) is 14.5. The summed E-state index contributed by atoms with van der Waals surface area (Å²) < 4.78 is 8.55. The number of imide groups is 1. The van der Waals surface area contributed by atoms with E-state index in [1.807, 2.05) is 30.5 Å². The largest absolute Gasteiger partial charge is 0.489 e. The molecule has 0 spiro atoms. The number of ether oxygens (including phenoxy) is 1. The average molecular weight is 564 g/mol. The molecular weight excluding hydrogens is 530 g/mol. The molecule has 42 heavy (non-hydrogen) atoms. The van der Waals surface area contributed by atoms with E-state index < -0.39 is 12.3 Å². The maximum absolute atomic E-state index is 12.4. The molecule has 1 saturated heterocycles. The lowest BCUT2D eigenvalue weighted by Crippen LogP contribution is -2.51. The molecule has 3 aliphatic heterocycles. The number of fused-ring (bicyclic) bond motifs is 2. The minimum absolute atomic E-state index is 0.266. The molecule has 2 amide bonds. The van der Waals surface area contributed by atoms with E-state index in [0.29, 0.717) is 25.3 Å². The Kier molecular flexibility index (Phi) is 7.07. The molecule has 2 atom stereocenters. The number of hydrogen-bond acceptors (Lipinski definition) is 7. The van der Waals surface area contributed by atoms with Gasteiger partial charge in [0, 0.05) is 43.7 Å². The fourth-order valence-electron chi connectivity index (χ4n) is 6.30. The Morgan fingerprint density at radius 1 is 0.929 bits per heavy atom. The van der Waals surface area contributed by atoms with Crippen LogP contribution in [0.25, 0.3) is 11.3 Å². The molecular formula is C33H33N5O4. The second kappa shape index (κ2) is 11.2. The average Bonchev–Trinajstić information content (AvgIpc) is 3.58. The number of rotatable bonds is 7. The zero-order chi connectivity index (χ0) is 28.6. The molecule has 3 aromatic carbocycles. The van der Waals surface area contributed by atoms with Crippen molar-refractivity contribution in [3.8, 4) is 17.0 Å². The Morgan fingerprint density at radius 2 is 1.74 bits per heavy atom. The molecule has 2 N–H and O–H groups in total. The Bertz CT molecular complexity index is 1620. The number of imidazole rings is 1. The lowest BCUT2D eigenvalue weighted by Gasteiger charge is -2.31. The molecule has 4 aromatic rings. The zero-order valence-corrected chi connectivity index (χ0v) is 23.3. The van der Waals surface area contributed by atoms with E-state index in [0.717, 1.165) is 48.7 Å². The van der Waals surface area contributed by atoms with Crippen LogP contribution in [0.5, 0.6) is 5.75 Å². The first-order valence-corrected chi connectivity index (χ1v) is 14.5. The molecule has 214 valence electrons. The van der Waals surface area contributed by atoms with E-state index in [9.17, 15) is 14.7 Å². The summed E-state index contributed by atoms with van der Waals surface area (Å²) in [4.78, 5) is 32.9. The van der Waals surface area contributed by atoms with Gasteiger partial charge >= 0.3 is 0 Å². The highest BCUT2D eigenvalue weighted by Crippen LogP contribution is 2.40. The number of benzene rings is 3. The number of aliphatic hydroxyl groups is 1. The zero-order valence-electron chi connectivity index (χ0n) is 23.3. The lowest BCUT2D eigenvalue weighted by molar-refractivity contribution is -0.141. The molecule has 1 aromatic heterocycles. The maximum atomic E-state index is 12.4. The van der Waals surface area contributed by atoms with Crippen LogP contribution in [0.4, 0.5) is 0 Å². The summed E-state index contributed by atoms with van der Waals surface area (Å²) >= 11 is 0. The summed E-state index contributed by atoms with van der Waals surface area (Å²) in [5, 5.41) is 13.3. The quantitative estimate of drug-likeness (QED) is 0.331. The summed E-state index contributed by atoms with van der Waals surface area (Å²) in [6.07, 6.45) is 1.74. The van der Waals surface area contributed by atoms with Crippen molar-refractivity contribution in [2.75, 3.05) is 6.54 Å². The van der Waals surface area contributed by atoms with Crippen molar-refractivity contribution in [2.45, 2.75) is 57.9 Å². The van der Waals surface area contributed by atoms with Crippen molar-refractivity contribution in [1.82, 2.24) is 24.7 Å². The van der Waals surface area contributed by atoms with Gasteiger partial charge < -0.3 is 14.4 Å². The molecule has 2 unspecified atom stereocenters. The Balaban J connectivity index is 0.965. The highest BCUT2D eigenvalue weighted by atomic mass is 16.5. The molecule has 9 heteroatoms. The third-order valence-corrected chi connectivity index (χ3v) is 8.55. The normalized spacial score (nSPS) is 20.7. The fraction of sp³-hybridized carbons (Fsp3) is 0.303. The summed E-state index contributed by atoms with van der Waals surface area (Å²) in [7, 11) is 0. The monoisotopic (exact) mass is 563 g/mol. The molecule has 7 rings (SSSR count). The number of aliphatic hydroxyl groups excluding tert-OH is 1. The molecule has 0 bridgehead atoms. The first-order chi connectivity index (χ1) is 20.5. The Hall–Kier alpha value is -4.31. The van der Waals surface area contributed by atoms with E-state index in [1.54, 1.807) is 4.90 Å². The van der Waals surface area contributed by atoms with Crippen molar-refractivity contribution >= 4 is 11.8 Å². The van der Waals surface area contributed by atoms with E-state index >= 15 is 0 Å². The van der Waals surface area contributed by atoms with Gasteiger partial charge in [-0.05, 0) is 29.2 Å². The van der Waals surface area contributed by atoms with Gasteiger partial charge in [0.15, 0.2) is 0 Å². The van der Waals surface area contributed by atoms with E-state index in [1.165, 1.54) is 16.8 Å². The maximum Gasteiger partial charge on any atom is 0.244 e. The second-order valence-corrected chi connectivity index (χ2v) is 11.2. The molecule has 4 heterocycles. The van der Waals surface area contributed by atoms with E-state index in [-0.39, 0.29) is 18.2 Å². The molecule has 1 fully saturated rings. The van der Waals surface area contributed by atoms with Crippen LogP contribution in [0.1, 0.15) is 47.1 Å². The number of nitrogens with zero attached hydrogens (tertiary/aromatic N) is 4. The molecule has 0 saturated carbocycles. The van der Waals surface area contributed by atoms with Crippen molar-refractivity contribution in [3.05, 3.63) is 107 Å². The van der Waals surface area contributed by atoms with E-state index in [4.69, 9.17) is 9.72 Å². The highest BCUT2D eigenvalue weighted by molar-refractivity contribution is 6.00. The second-order valence-electron chi connectivity index (χ2n) is 11.2. The predicted molar refractivity (Wildman–Crippen MR) is 156 cm³/mol.